The molecule has 1 amide bonds. The molecule has 27 heavy (non-hydrogen) atoms. The van der Waals surface area contributed by atoms with E-state index in [1.54, 1.807) is 36.4 Å². The third-order valence-corrected chi connectivity index (χ3v) is 4.15. The number of hydrogen-bond acceptors (Lipinski definition) is 5. The molecule has 0 fully saturated rings. The van der Waals surface area contributed by atoms with Gasteiger partial charge >= 0.3 is 5.97 Å². The second-order valence-electron chi connectivity index (χ2n) is 5.23. The molecule has 142 valence electrons. The summed E-state index contributed by atoms with van der Waals surface area (Å²) >= 11 is 9.41. The predicted molar refractivity (Wildman–Crippen MR) is 107 cm³/mol. The summed E-state index contributed by atoms with van der Waals surface area (Å²) in [5, 5.41) is 2.97. The van der Waals surface area contributed by atoms with Crippen molar-refractivity contribution in [2.45, 2.75) is 0 Å². The smallest absolute Gasteiger partial charge is 0.331 e. The van der Waals surface area contributed by atoms with Gasteiger partial charge in [-0.15, -0.1) is 0 Å². The van der Waals surface area contributed by atoms with Crippen LogP contribution in [0.1, 0.15) is 5.56 Å². The molecule has 2 aromatic rings. The van der Waals surface area contributed by atoms with E-state index < -0.39 is 18.5 Å². The van der Waals surface area contributed by atoms with Gasteiger partial charge in [0, 0.05) is 16.2 Å². The van der Waals surface area contributed by atoms with Crippen LogP contribution in [0, 0.1) is 0 Å². The molecule has 6 nitrogen and oxygen atoms in total. The van der Waals surface area contributed by atoms with Gasteiger partial charge < -0.3 is 19.5 Å². The summed E-state index contributed by atoms with van der Waals surface area (Å²) in [6.45, 7) is -0.397. The summed E-state index contributed by atoms with van der Waals surface area (Å²) in [6, 6.07) is 10.3. The summed E-state index contributed by atoms with van der Waals surface area (Å²) in [5.41, 5.74) is 1.23. The lowest BCUT2D eigenvalue weighted by molar-refractivity contribution is -0.142. The predicted octanol–water partition coefficient (Wildman–Crippen LogP) is 4.31. The molecule has 8 heteroatoms. The minimum Gasteiger partial charge on any atom is -0.493 e. The Morgan fingerprint density at radius 1 is 1.15 bits per heavy atom. The van der Waals surface area contributed by atoms with Gasteiger partial charge in [-0.25, -0.2) is 4.79 Å². The minimum atomic E-state index is -0.660. The van der Waals surface area contributed by atoms with Gasteiger partial charge in [0.15, 0.2) is 18.1 Å². The molecule has 0 aromatic heterocycles. The highest BCUT2D eigenvalue weighted by atomic mass is 79.9. The highest BCUT2D eigenvalue weighted by Crippen LogP contribution is 2.36. The van der Waals surface area contributed by atoms with Crippen LogP contribution < -0.4 is 14.8 Å². The van der Waals surface area contributed by atoms with Gasteiger partial charge in [0.25, 0.3) is 5.91 Å². The number of carbonyl (C=O) groups excluding carboxylic acids is 2. The van der Waals surface area contributed by atoms with Crippen molar-refractivity contribution in [1.82, 2.24) is 0 Å². The third kappa shape index (κ3) is 6.30. The molecule has 0 spiro atoms. The van der Waals surface area contributed by atoms with E-state index in [9.17, 15) is 9.59 Å². The van der Waals surface area contributed by atoms with Crippen molar-refractivity contribution < 1.29 is 23.8 Å². The first-order valence-electron chi connectivity index (χ1n) is 7.74. The fourth-order valence-corrected chi connectivity index (χ4v) is 2.67. The van der Waals surface area contributed by atoms with Crippen LogP contribution in [-0.2, 0) is 14.3 Å². The van der Waals surface area contributed by atoms with Gasteiger partial charge in [-0.3, -0.25) is 4.79 Å². The largest absolute Gasteiger partial charge is 0.493 e. The molecule has 0 aliphatic heterocycles. The number of ether oxygens (including phenoxy) is 3. The van der Waals surface area contributed by atoms with Crippen molar-refractivity contribution in [1.29, 1.82) is 0 Å². The number of esters is 1. The van der Waals surface area contributed by atoms with Crippen LogP contribution in [-0.4, -0.2) is 32.7 Å². The van der Waals surface area contributed by atoms with E-state index in [2.05, 4.69) is 21.2 Å². The van der Waals surface area contributed by atoms with Crippen molar-refractivity contribution in [2.75, 3.05) is 26.1 Å². The van der Waals surface area contributed by atoms with Crippen molar-refractivity contribution in [2.24, 2.45) is 0 Å². The van der Waals surface area contributed by atoms with Crippen molar-refractivity contribution in [3.8, 4) is 11.5 Å². The first-order chi connectivity index (χ1) is 12.9. The summed E-state index contributed by atoms with van der Waals surface area (Å²) in [4.78, 5) is 23.6. The molecule has 0 bridgehead atoms. The molecule has 0 saturated heterocycles. The Balaban J connectivity index is 1.90. The summed E-state index contributed by atoms with van der Waals surface area (Å²) in [6.07, 6.45) is 2.70. The van der Waals surface area contributed by atoms with Gasteiger partial charge in [0.1, 0.15) is 0 Å². The lowest BCUT2D eigenvalue weighted by Gasteiger charge is -2.10. The molecular weight excluding hydrogens is 438 g/mol. The molecule has 0 saturated carbocycles. The average Bonchev–Trinajstić information content (AvgIpc) is 2.66. The average molecular weight is 455 g/mol. The van der Waals surface area contributed by atoms with E-state index in [0.717, 1.165) is 4.47 Å². The maximum atomic E-state index is 11.8. The molecule has 1 N–H and O–H groups in total. The van der Waals surface area contributed by atoms with Gasteiger partial charge in [-0.05, 0) is 48.0 Å². The Morgan fingerprint density at radius 3 is 2.48 bits per heavy atom. The zero-order valence-electron chi connectivity index (χ0n) is 14.6. The van der Waals surface area contributed by atoms with Crippen molar-refractivity contribution >= 4 is 51.2 Å². The van der Waals surface area contributed by atoms with Crippen molar-refractivity contribution in [3.63, 3.8) is 0 Å². The van der Waals surface area contributed by atoms with Gasteiger partial charge in [-0.1, -0.05) is 27.5 Å². The quantitative estimate of drug-likeness (QED) is 0.498. The zero-order chi connectivity index (χ0) is 19.8. The number of halogens is 2. The third-order valence-electron chi connectivity index (χ3n) is 3.34. The Kier molecular flexibility index (Phi) is 7.69. The van der Waals surface area contributed by atoms with E-state index in [4.69, 9.17) is 25.8 Å². The maximum Gasteiger partial charge on any atom is 0.331 e. The zero-order valence-corrected chi connectivity index (χ0v) is 17.0. The first kappa shape index (κ1) is 20.8. The molecule has 0 atom stereocenters. The molecule has 2 rings (SSSR count). The van der Waals surface area contributed by atoms with E-state index in [1.165, 1.54) is 26.4 Å². The molecule has 0 aliphatic rings. The normalized spacial score (nSPS) is 10.5. The lowest BCUT2D eigenvalue weighted by Crippen LogP contribution is -2.20. The molecule has 0 unspecified atom stereocenters. The Morgan fingerprint density at radius 2 is 1.85 bits per heavy atom. The van der Waals surface area contributed by atoms with Crippen LogP contribution in [0.15, 0.2) is 46.9 Å². The monoisotopic (exact) mass is 453 g/mol. The molecule has 0 radical (unpaired) electrons. The van der Waals surface area contributed by atoms with Crippen LogP contribution in [0.5, 0.6) is 11.5 Å². The summed E-state index contributed by atoms with van der Waals surface area (Å²) in [7, 11) is 2.97. The Labute approximate surface area is 170 Å². The van der Waals surface area contributed by atoms with Gasteiger partial charge in [0.05, 0.1) is 19.2 Å². The molecule has 2 aromatic carbocycles. The number of amides is 1. The highest BCUT2D eigenvalue weighted by molar-refractivity contribution is 9.10. The fourth-order valence-electron chi connectivity index (χ4n) is 2.11. The Hall–Kier alpha value is -2.51. The lowest BCUT2D eigenvalue weighted by atomic mass is 10.2. The van der Waals surface area contributed by atoms with Crippen LogP contribution in [0.2, 0.25) is 5.02 Å². The second-order valence-corrected chi connectivity index (χ2v) is 6.56. The highest BCUT2D eigenvalue weighted by Gasteiger charge is 2.10. The Bertz CT molecular complexity index is 852. The topological polar surface area (TPSA) is 73.9 Å². The molecule has 0 aliphatic carbocycles. The molecular formula is C19H17BrClNO5. The van der Waals surface area contributed by atoms with Crippen LogP contribution in [0.3, 0.4) is 0 Å². The SMILES string of the molecule is COc1cc(/C=C/C(=O)OCC(=O)Nc2ccc(Br)cc2)cc(Cl)c1OC. The fraction of sp³-hybridized carbons (Fsp3) is 0.158. The number of carbonyl (C=O) groups is 2. The number of benzene rings is 2. The maximum absolute atomic E-state index is 11.8. The number of anilines is 1. The van der Waals surface area contributed by atoms with E-state index in [1.807, 2.05) is 0 Å². The standard InChI is InChI=1S/C19H17BrClNO5/c1-25-16-10-12(9-15(21)19(16)26-2)3-8-18(24)27-11-17(23)22-14-6-4-13(20)5-7-14/h3-10H,11H2,1-2H3,(H,22,23)/b8-3+. The van der Waals surface area contributed by atoms with Crippen molar-refractivity contribution in [3.05, 3.63) is 57.5 Å². The van der Waals surface area contributed by atoms with Crippen LogP contribution in [0.4, 0.5) is 5.69 Å². The minimum absolute atomic E-state index is 0.346. The van der Waals surface area contributed by atoms with Crippen LogP contribution in [0.25, 0.3) is 6.08 Å². The van der Waals surface area contributed by atoms with E-state index >= 15 is 0 Å². The number of nitrogens with one attached hydrogen (secondary N) is 1. The van der Waals surface area contributed by atoms with Crippen LogP contribution >= 0.6 is 27.5 Å². The van der Waals surface area contributed by atoms with E-state index in [0.29, 0.717) is 27.8 Å². The van der Waals surface area contributed by atoms with E-state index in [-0.39, 0.29) is 0 Å². The number of methoxy groups -OCH3 is 2. The first-order valence-corrected chi connectivity index (χ1v) is 8.92. The second kappa shape index (κ2) is 9.99. The molecule has 0 heterocycles. The summed E-state index contributed by atoms with van der Waals surface area (Å²) in [5.74, 6) is -0.254. The van der Waals surface area contributed by atoms with Gasteiger partial charge in [0.2, 0.25) is 0 Å². The number of hydrogen-bond donors (Lipinski definition) is 1. The summed E-state index contributed by atoms with van der Waals surface area (Å²) < 4.78 is 16.2. The number of rotatable bonds is 7. The van der Waals surface area contributed by atoms with Gasteiger partial charge in [-0.2, -0.15) is 0 Å².